The molecule has 0 N–H and O–H groups in total. The molecule has 0 aliphatic carbocycles. The molecule has 0 spiro atoms. The summed E-state index contributed by atoms with van der Waals surface area (Å²) in [6, 6.07) is 8.64. The monoisotopic (exact) mass is 317 g/mol. The van der Waals surface area contributed by atoms with Gasteiger partial charge in [0.05, 0.1) is 6.04 Å². The summed E-state index contributed by atoms with van der Waals surface area (Å²) in [4.78, 5) is 25.7. The number of rotatable bonds is 5. The summed E-state index contributed by atoms with van der Waals surface area (Å²) in [6.07, 6.45) is 0.742. The lowest BCUT2D eigenvalue weighted by atomic mass is 10.1. The predicted molar refractivity (Wildman–Crippen MR) is 85.7 cm³/mol. The van der Waals surface area contributed by atoms with Crippen molar-refractivity contribution in [1.29, 1.82) is 0 Å². The van der Waals surface area contributed by atoms with Crippen molar-refractivity contribution < 1.29 is 9.18 Å². The molecule has 1 atom stereocenters. The largest absolute Gasteiger partial charge is 0.333 e. The lowest BCUT2D eigenvalue weighted by Gasteiger charge is -2.25. The van der Waals surface area contributed by atoms with Gasteiger partial charge in [0, 0.05) is 25.2 Å². The van der Waals surface area contributed by atoms with Gasteiger partial charge >= 0.3 is 0 Å². The van der Waals surface area contributed by atoms with E-state index in [1.54, 1.807) is 32.2 Å². The van der Waals surface area contributed by atoms with Crippen molar-refractivity contribution in [1.82, 2.24) is 14.7 Å². The van der Waals surface area contributed by atoms with Crippen LogP contribution in [0.1, 0.15) is 42.4 Å². The average molecular weight is 317 g/mol. The highest BCUT2D eigenvalue weighted by Crippen LogP contribution is 2.22. The summed E-state index contributed by atoms with van der Waals surface area (Å²) in [5.41, 5.74) is 0.363. The number of benzene rings is 1. The summed E-state index contributed by atoms with van der Waals surface area (Å²) in [5.74, 6) is -0.714. The normalized spacial score (nSPS) is 12.0. The summed E-state index contributed by atoms with van der Waals surface area (Å²) in [7, 11) is 1.59. The van der Waals surface area contributed by atoms with Gasteiger partial charge in [-0.25, -0.2) is 9.07 Å². The first kappa shape index (κ1) is 16.9. The van der Waals surface area contributed by atoms with Gasteiger partial charge in [0.25, 0.3) is 11.5 Å². The van der Waals surface area contributed by atoms with Crippen LogP contribution in [0.15, 0.2) is 41.2 Å². The first-order valence-electron chi connectivity index (χ1n) is 7.55. The van der Waals surface area contributed by atoms with E-state index < -0.39 is 6.04 Å². The van der Waals surface area contributed by atoms with E-state index in [9.17, 15) is 14.0 Å². The second kappa shape index (κ2) is 7.17. The van der Waals surface area contributed by atoms with Crippen LogP contribution in [0.4, 0.5) is 4.39 Å². The molecule has 6 heteroatoms. The molecular formula is C17H20FN3O2. The Morgan fingerprint density at radius 1 is 1.30 bits per heavy atom. The van der Waals surface area contributed by atoms with Crippen LogP contribution in [0.3, 0.4) is 0 Å². The summed E-state index contributed by atoms with van der Waals surface area (Å²) < 4.78 is 15.2. The highest BCUT2D eigenvalue weighted by molar-refractivity contribution is 5.92. The van der Waals surface area contributed by atoms with Gasteiger partial charge in [-0.1, -0.05) is 25.1 Å². The lowest BCUT2D eigenvalue weighted by molar-refractivity contribution is 0.0731. The van der Waals surface area contributed by atoms with E-state index in [4.69, 9.17) is 0 Å². The highest BCUT2D eigenvalue weighted by atomic mass is 19.1. The number of hydrogen-bond donors (Lipinski definition) is 0. The maximum atomic E-state index is 13.9. The summed E-state index contributed by atoms with van der Waals surface area (Å²) in [5, 5.41) is 4.10. The first-order chi connectivity index (χ1) is 11.0. The number of aryl methyl sites for hydroxylation is 1. The smallest absolute Gasteiger partial charge is 0.274 e. The van der Waals surface area contributed by atoms with E-state index in [1.165, 1.54) is 27.8 Å². The van der Waals surface area contributed by atoms with E-state index in [0.29, 0.717) is 12.1 Å². The fourth-order valence-corrected chi connectivity index (χ4v) is 2.31. The molecule has 1 aromatic carbocycles. The van der Waals surface area contributed by atoms with E-state index in [1.807, 2.05) is 6.92 Å². The lowest BCUT2D eigenvalue weighted by Crippen LogP contribution is -2.33. The number of carbonyl (C=O) groups is 1. The van der Waals surface area contributed by atoms with E-state index in [-0.39, 0.29) is 23.0 Å². The van der Waals surface area contributed by atoms with Gasteiger partial charge in [0.2, 0.25) is 0 Å². The van der Waals surface area contributed by atoms with Crippen molar-refractivity contribution in [3.63, 3.8) is 0 Å². The molecule has 1 aromatic heterocycles. The fraction of sp³-hybridized carbons (Fsp3) is 0.353. The van der Waals surface area contributed by atoms with Crippen molar-refractivity contribution in [2.45, 2.75) is 32.9 Å². The van der Waals surface area contributed by atoms with Gasteiger partial charge in [0.15, 0.2) is 0 Å². The number of aromatic nitrogens is 2. The Bertz CT molecular complexity index is 757. The molecular weight excluding hydrogens is 297 g/mol. The van der Waals surface area contributed by atoms with Crippen LogP contribution in [0.25, 0.3) is 0 Å². The number of halogens is 1. The van der Waals surface area contributed by atoms with Gasteiger partial charge in [-0.15, -0.1) is 0 Å². The van der Waals surface area contributed by atoms with Crippen molar-refractivity contribution in [2.75, 3.05) is 7.05 Å². The minimum Gasteiger partial charge on any atom is -0.333 e. The molecule has 0 saturated carbocycles. The Hall–Kier alpha value is -2.50. The molecule has 2 aromatic rings. The molecule has 0 aliphatic rings. The van der Waals surface area contributed by atoms with Crippen LogP contribution in [0.2, 0.25) is 0 Å². The molecule has 0 saturated heterocycles. The predicted octanol–water partition coefficient (Wildman–Crippen LogP) is 2.63. The topological polar surface area (TPSA) is 55.2 Å². The maximum Gasteiger partial charge on any atom is 0.274 e. The Morgan fingerprint density at radius 2 is 2.00 bits per heavy atom. The Balaban J connectivity index is 2.27. The van der Waals surface area contributed by atoms with Gasteiger partial charge < -0.3 is 4.90 Å². The van der Waals surface area contributed by atoms with E-state index in [2.05, 4.69) is 5.10 Å². The van der Waals surface area contributed by atoms with Crippen LogP contribution in [-0.2, 0) is 6.54 Å². The van der Waals surface area contributed by atoms with Crippen LogP contribution in [0, 0.1) is 5.82 Å². The second-order valence-electron chi connectivity index (χ2n) is 5.39. The maximum absolute atomic E-state index is 13.9. The number of carbonyl (C=O) groups excluding carboxylic acids is 1. The fourth-order valence-electron chi connectivity index (χ4n) is 2.31. The van der Waals surface area contributed by atoms with Crippen LogP contribution in [-0.4, -0.2) is 27.6 Å². The van der Waals surface area contributed by atoms with Gasteiger partial charge in [-0.05, 0) is 25.5 Å². The molecule has 122 valence electrons. The third kappa shape index (κ3) is 3.64. The zero-order chi connectivity index (χ0) is 17.0. The number of nitrogens with zero attached hydrogens (tertiary/aromatic N) is 3. The summed E-state index contributed by atoms with van der Waals surface area (Å²) >= 11 is 0. The van der Waals surface area contributed by atoms with Gasteiger partial charge in [-0.3, -0.25) is 9.59 Å². The van der Waals surface area contributed by atoms with Crippen molar-refractivity contribution >= 4 is 5.91 Å². The highest BCUT2D eigenvalue weighted by Gasteiger charge is 2.22. The molecule has 0 fully saturated rings. The number of hydrogen-bond acceptors (Lipinski definition) is 3. The van der Waals surface area contributed by atoms with E-state index >= 15 is 0 Å². The molecule has 1 amide bonds. The number of amides is 1. The quantitative estimate of drug-likeness (QED) is 0.852. The molecule has 1 heterocycles. The second-order valence-corrected chi connectivity index (χ2v) is 5.39. The zero-order valence-corrected chi connectivity index (χ0v) is 13.5. The third-order valence-electron chi connectivity index (χ3n) is 3.78. The molecule has 5 nitrogen and oxygen atoms in total. The molecule has 23 heavy (non-hydrogen) atoms. The molecule has 1 unspecified atom stereocenters. The molecule has 2 rings (SSSR count). The van der Waals surface area contributed by atoms with Crippen LogP contribution in [0.5, 0.6) is 0 Å². The average Bonchev–Trinajstić information content (AvgIpc) is 2.55. The van der Waals surface area contributed by atoms with Gasteiger partial charge in [-0.2, -0.15) is 5.10 Å². The van der Waals surface area contributed by atoms with Crippen molar-refractivity contribution in [3.05, 3.63) is 63.8 Å². The van der Waals surface area contributed by atoms with Crippen LogP contribution >= 0.6 is 0 Å². The Labute approximate surface area is 134 Å². The Kier molecular flexibility index (Phi) is 5.26. The Morgan fingerprint density at radius 3 is 2.65 bits per heavy atom. The van der Waals surface area contributed by atoms with E-state index in [0.717, 1.165) is 6.42 Å². The molecule has 0 radical (unpaired) electrons. The van der Waals surface area contributed by atoms with Crippen molar-refractivity contribution in [2.24, 2.45) is 0 Å². The van der Waals surface area contributed by atoms with Crippen molar-refractivity contribution in [3.8, 4) is 0 Å². The minimum absolute atomic E-state index is 0.170. The molecule has 0 aliphatic heterocycles. The summed E-state index contributed by atoms with van der Waals surface area (Å²) in [6.45, 7) is 4.12. The van der Waals surface area contributed by atoms with Gasteiger partial charge in [0.1, 0.15) is 11.5 Å². The standard InChI is InChI=1S/C17H20FN3O2/c1-4-11-21-16(22)10-9-15(19-21)17(23)20(3)12(2)13-7-5-6-8-14(13)18/h5-10,12H,4,11H2,1-3H3. The molecule has 0 bridgehead atoms. The van der Waals surface area contributed by atoms with Crippen LogP contribution < -0.4 is 5.56 Å². The minimum atomic E-state index is -0.447. The zero-order valence-electron chi connectivity index (χ0n) is 13.5. The SMILES string of the molecule is CCCn1nc(C(=O)N(C)C(C)c2ccccc2F)ccc1=O. The first-order valence-corrected chi connectivity index (χ1v) is 7.55. The third-order valence-corrected chi connectivity index (χ3v) is 3.78.